The minimum absolute atomic E-state index is 0.590. The van der Waals surface area contributed by atoms with Gasteiger partial charge in [-0.25, -0.2) is 0 Å². The van der Waals surface area contributed by atoms with Gasteiger partial charge in [0.15, 0.2) is 0 Å². The molecule has 0 amide bonds. The summed E-state index contributed by atoms with van der Waals surface area (Å²) in [5, 5.41) is 11.2. The normalized spacial score (nSPS) is 23.5. The van der Waals surface area contributed by atoms with E-state index in [2.05, 4.69) is 11.0 Å². The summed E-state index contributed by atoms with van der Waals surface area (Å²) in [7, 11) is 0. The molecule has 2 heterocycles. The van der Waals surface area contributed by atoms with Crippen molar-refractivity contribution in [2.24, 2.45) is 5.41 Å². The molecule has 1 N–H and O–H groups in total. The number of carbonyl (C=O) groups is 1. The lowest BCUT2D eigenvalue weighted by Gasteiger charge is -2.19. The van der Waals surface area contributed by atoms with Crippen molar-refractivity contribution >= 4 is 39.0 Å². The summed E-state index contributed by atoms with van der Waals surface area (Å²) in [6.07, 6.45) is 0.699. The first-order valence-electron chi connectivity index (χ1n) is 6.61. The average molecular weight is 310 g/mol. The molecule has 1 unspecified atom stereocenters. The second-order valence-electron chi connectivity index (χ2n) is 5.66. The van der Waals surface area contributed by atoms with Crippen LogP contribution in [0, 0.1) is 5.41 Å². The molecule has 1 aromatic heterocycles. The smallest absolute Gasteiger partial charge is 0.310 e. The predicted octanol–water partition coefficient (Wildman–Crippen LogP) is 3.85. The van der Waals surface area contributed by atoms with Crippen molar-refractivity contribution in [3.05, 3.63) is 34.2 Å². The van der Waals surface area contributed by atoms with Crippen molar-refractivity contribution in [2.45, 2.75) is 19.9 Å². The van der Waals surface area contributed by atoms with E-state index in [1.807, 2.05) is 25.1 Å². The van der Waals surface area contributed by atoms with Gasteiger partial charge in [0.05, 0.1) is 10.4 Å². The largest absolute Gasteiger partial charge is 0.481 e. The Bertz CT molecular complexity index is 669. The third kappa shape index (κ3) is 2.32. The van der Waals surface area contributed by atoms with Crippen LogP contribution in [0.25, 0.3) is 10.1 Å². The highest BCUT2D eigenvalue weighted by Gasteiger charge is 2.40. The lowest BCUT2D eigenvalue weighted by molar-refractivity contribution is -0.147. The number of hydrogen-bond donors (Lipinski definition) is 1. The zero-order valence-corrected chi connectivity index (χ0v) is 12.8. The Balaban J connectivity index is 1.81. The Kier molecular flexibility index (Phi) is 3.48. The number of hydrogen-bond acceptors (Lipinski definition) is 3. The highest BCUT2D eigenvalue weighted by atomic mass is 35.5. The number of benzene rings is 1. The summed E-state index contributed by atoms with van der Waals surface area (Å²) < 4.78 is 1.19. The average Bonchev–Trinajstić information content (AvgIpc) is 2.94. The molecule has 1 atom stereocenters. The van der Waals surface area contributed by atoms with E-state index < -0.39 is 11.4 Å². The van der Waals surface area contributed by atoms with Gasteiger partial charge in [0, 0.05) is 28.1 Å². The van der Waals surface area contributed by atoms with E-state index >= 15 is 0 Å². The number of fused-ring (bicyclic) bond motifs is 1. The molecule has 3 nitrogen and oxygen atoms in total. The molecule has 20 heavy (non-hydrogen) atoms. The van der Waals surface area contributed by atoms with E-state index in [0.717, 1.165) is 28.4 Å². The molecule has 5 heteroatoms. The maximum Gasteiger partial charge on any atom is 0.310 e. The molecule has 0 saturated carbocycles. The van der Waals surface area contributed by atoms with Crippen molar-refractivity contribution < 1.29 is 9.90 Å². The summed E-state index contributed by atoms with van der Waals surface area (Å²) in [4.78, 5) is 14.6. The molecule has 0 bridgehead atoms. The van der Waals surface area contributed by atoms with Gasteiger partial charge in [0.25, 0.3) is 0 Å². The first-order valence-corrected chi connectivity index (χ1v) is 7.81. The first-order chi connectivity index (χ1) is 9.49. The summed E-state index contributed by atoms with van der Waals surface area (Å²) in [5.41, 5.74) is -0.622. The maximum atomic E-state index is 11.3. The van der Waals surface area contributed by atoms with Gasteiger partial charge in [0.2, 0.25) is 0 Å². The van der Waals surface area contributed by atoms with Crippen LogP contribution < -0.4 is 0 Å². The third-order valence-electron chi connectivity index (χ3n) is 4.04. The van der Waals surface area contributed by atoms with Crippen LogP contribution in [-0.2, 0) is 11.3 Å². The van der Waals surface area contributed by atoms with Crippen LogP contribution in [-0.4, -0.2) is 29.1 Å². The number of likely N-dealkylation sites (tertiary alicyclic amines) is 1. The molecule has 0 aliphatic carbocycles. The summed E-state index contributed by atoms with van der Waals surface area (Å²) >= 11 is 8.13. The topological polar surface area (TPSA) is 40.5 Å². The van der Waals surface area contributed by atoms with E-state index in [-0.39, 0.29) is 0 Å². The van der Waals surface area contributed by atoms with Crippen LogP contribution in [0.4, 0.5) is 0 Å². The Morgan fingerprint density at radius 1 is 1.50 bits per heavy atom. The minimum Gasteiger partial charge on any atom is -0.481 e. The minimum atomic E-state index is -0.706. The monoisotopic (exact) mass is 309 g/mol. The molecule has 0 spiro atoms. The Hall–Kier alpha value is -1.10. The molecule has 2 aromatic rings. The lowest BCUT2D eigenvalue weighted by atomic mass is 9.90. The lowest BCUT2D eigenvalue weighted by Crippen LogP contribution is -2.31. The summed E-state index contributed by atoms with van der Waals surface area (Å²) in [6, 6.07) is 8.10. The fraction of sp³-hybridized carbons (Fsp3) is 0.400. The molecule has 1 aromatic carbocycles. The maximum absolute atomic E-state index is 11.3. The summed E-state index contributed by atoms with van der Waals surface area (Å²) in [5.74, 6) is -0.706. The molecule has 0 radical (unpaired) electrons. The quantitative estimate of drug-likeness (QED) is 0.936. The van der Waals surface area contributed by atoms with Crippen LogP contribution in [0.5, 0.6) is 0 Å². The van der Waals surface area contributed by atoms with Gasteiger partial charge in [0.1, 0.15) is 0 Å². The highest BCUT2D eigenvalue weighted by Crippen LogP contribution is 2.38. The molecular weight excluding hydrogens is 294 g/mol. The van der Waals surface area contributed by atoms with E-state index in [1.165, 1.54) is 4.70 Å². The zero-order valence-electron chi connectivity index (χ0n) is 11.2. The van der Waals surface area contributed by atoms with Crippen molar-refractivity contribution in [2.75, 3.05) is 13.1 Å². The second-order valence-corrected chi connectivity index (χ2v) is 7.18. The fourth-order valence-electron chi connectivity index (χ4n) is 2.74. The molecule has 106 valence electrons. The van der Waals surface area contributed by atoms with Gasteiger partial charge in [-0.3, -0.25) is 9.69 Å². The van der Waals surface area contributed by atoms with E-state index in [1.54, 1.807) is 11.3 Å². The van der Waals surface area contributed by atoms with Crippen molar-refractivity contribution in [3.63, 3.8) is 0 Å². The number of rotatable bonds is 3. The third-order valence-corrected chi connectivity index (χ3v) is 5.74. The molecule has 1 saturated heterocycles. The van der Waals surface area contributed by atoms with Crippen LogP contribution in [0.3, 0.4) is 0 Å². The number of thiophene rings is 1. The van der Waals surface area contributed by atoms with E-state index in [0.29, 0.717) is 13.0 Å². The van der Waals surface area contributed by atoms with Crippen LogP contribution in [0.15, 0.2) is 24.3 Å². The van der Waals surface area contributed by atoms with E-state index in [9.17, 15) is 9.90 Å². The van der Waals surface area contributed by atoms with Crippen LogP contribution >= 0.6 is 22.9 Å². The number of carboxylic acids is 1. The van der Waals surface area contributed by atoms with Crippen LogP contribution in [0.2, 0.25) is 5.02 Å². The number of halogens is 1. The van der Waals surface area contributed by atoms with Crippen LogP contribution in [0.1, 0.15) is 18.2 Å². The van der Waals surface area contributed by atoms with Gasteiger partial charge in [-0.05, 0) is 26.0 Å². The van der Waals surface area contributed by atoms with Gasteiger partial charge >= 0.3 is 5.97 Å². The second kappa shape index (κ2) is 5.02. The standard InChI is InChI=1S/C15H16ClNO2S/c1-15(14(18)19)6-7-17(9-15)8-12-13(16)10-4-2-3-5-11(10)20-12/h2-5H,6-9H2,1H3,(H,18,19). The van der Waals surface area contributed by atoms with Gasteiger partial charge in [-0.2, -0.15) is 0 Å². The van der Waals surface area contributed by atoms with Crippen molar-refractivity contribution in [1.29, 1.82) is 0 Å². The molecule has 3 rings (SSSR count). The van der Waals surface area contributed by atoms with Crippen molar-refractivity contribution in [3.8, 4) is 0 Å². The molecular formula is C15H16ClNO2S. The number of aliphatic carboxylic acids is 1. The predicted molar refractivity (Wildman–Crippen MR) is 82.5 cm³/mol. The molecule has 1 aliphatic rings. The van der Waals surface area contributed by atoms with Crippen molar-refractivity contribution in [1.82, 2.24) is 4.90 Å². The van der Waals surface area contributed by atoms with E-state index in [4.69, 9.17) is 11.6 Å². The Morgan fingerprint density at radius 2 is 2.25 bits per heavy atom. The number of nitrogens with zero attached hydrogens (tertiary/aromatic N) is 1. The Labute approximate surface area is 126 Å². The highest BCUT2D eigenvalue weighted by molar-refractivity contribution is 7.19. The SMILES string of the molecule is CC1(C(=O)O)CCN(Cc2sc3ccccc3c2Cl)C1. The number of carboxylic acid groups (broad SMARTS) is 1. The van der Waals surface area contributed by atoms with Gasteiger partial charge < -0.3 is 5.11 Å². The summed E-state index contributed by atoms with van der Waals surface area (Å²) in [6.45, 7) is 3.96. The molecule has 1 aliphatic heterocycles. The Morgan fingerprint density at radius 3 is 2.90 bits per heavy atom. The van der Waals surface area contributed by atoms with Gasteiger partial charge in [-0.1, -0.05) is 29.8 Å². The molecule has 1 fully saturated rings. The van der Waals surface area contributed by atoms with Gasteiger partial charge in [-0.15, -0.1) is 11.3 Å². The fourth-order valence-corrected chi connectivity index (χ4v) is 4.27. The first kappa shape index (κ1) is 13.9. The zero-order chi connectivity index (χ0) is 14.3.